The van der Waals surface area contributed by atoms with Crippen molar-refractivity contribution < 1.29 is 17.6 Å². The number of hydrogen-bond acceptors (Lipinski definition) is 3. The van der Waals surface area contributed by atoms with Crippen LogP contribution in [-0.2, 0) is 10.8 Å². The second kappa shape index (κ2) is 20.9. The quantitative estimate of drug-likeness (QED) is 0.113. The first-order valence-electron chi connectivity index (χ1n) is 29.6. The maximum absolute atomic E-state index is 15.0. The van der Waals surface area contributed by atoms with Crippen molar-refractivity contribution in [1.29, 1.82) is 0 Å². The minimum absolute atomic E-state index is 0.314. The van der Waals surface area contributed by atoms with Crippen LogP contribution in [0, 0.1) is 23.3 Å². The molecule has 14 aromatic rings. The number of rotatable bonds is 12. The Kier molecular flexibility index (Phi) is 12.6. The van der Waals surface area contributed by atoms with E-state index in [1.54, 1.807) is 11.3 Å². The summed E-state index contributed by atoms with van der Waals surface area (Å²) < 4.78 is 62.2. The van der Waals surface area contributed by atoms with Crippen LogP contribution in [0.25, 0.3) is 65.4 Å². The van der Waals surface area contributed by atoms with E-state index in [0.29, 0.717) is 0 Å². The molecule has 1 aromatic heterocycles. The van der Waals surface area contributed by atoms with E-state index in [-0.39, 0.29) is 23.3 Å². The molecule has 7 heteroatoms. The molecular weight excluding hydrogens is 1120 g/mol. The van der Waals surface area contributed by atoms with E-state index >= 15 is 8.78 Å². The van der Waals surface area contributed by atoms with Gasteiger partial charge < -0.3 is 9.80 Å². The van der Waals surface area contributed by atoms with E-state index in [9.17, 15) is 8.78 Å². The van der Waals surface area contributed by atoms with Crippen LogP contribution < -0.4 is 9.80 Å². The van der Waals surface area contributed by atoms with Crippen molar-refractivity contribution in [1.82, 2.24) is 0 Å². The molecule has 0 saturated heterocycles. The van der Waals surface area contributed by atoms with Crippen molar-refractivity contribution in [3.8, 4) is 22.3 Å². The van der Waals surface area contributed by atoms with Gasteiger partial charge in [-0.05, 0) is 228 Å². The zero-order valence-corrected chi connectivity index (χ0v) is 48.8. The second-order valence-electron chi connectivity index (χ2n) is 23.0. The van der Waals surface area contributed by atoms with Crippen LogP contribution in [0.1, 0.15) is 55.6 Å². The fraction of sp³-hybridized carbons (Fsp3) is 0.0244. The Bertz CT molecular complexity index is 5150. The lowest BCUT2D eigenvalue weighted by molar-refractivity contribution is 0.624. The summed E-state index contributed by atoms with van der Waals surface area (Å²) in [5.74, 6) is -1.31. The Balaban J connectivity index is 0.856. The third kappa shape index (κ3) is 8.44. The molecular formula is C82H52F4N2S. The highest BCUT2D eigenvalue weighted by Crippen LogP contribution is 2.60. The topological polar surface area (TPSA) is 6.48 Å². The maximum Gasteiger partial charge on any atom is 0.123 e. The van der Waals surface area contributed by atoms with Gasteiger partial charge in [-0.1, -0.05) is 165 Å². The van der Waals surface area contributed by atoms with Crippen molar-refractivity contribution in [2.75, 3.05) is 9.80 Å². The smallest absolute Gasteiger partial charge is 0.123 e. The molecule has 2 unspecified atom stereocenters. The summed E-state index contributed by atoms with van der Waals surface area (Å²) in [5, 5.41) is 4.21. The fourth-order valence-corrected chi connectivity index (χ4v) is 15.5. The molecule has 424 valence electrons. The van der Waals surface area contributed by atoms with Crippen molar-refractivity contribution in [3.05, 3.63) is 371 Å². The van der Waals surface area contributed by atoms with Crippen LogP contribution in [0.5, 0.6) is 0 Å². The lowest BCUT2D eigenvalue weighted by atomic mass is 9.67. The summed E-state index contributed by atoms with van der Waals surface area (Å²) in [4.78, 5) is 4.38. The summed E-state index contributed by atoms with van der Waals surface area (Å²) in [6, 6.07) is 91.6. The maximum atomic E-state index is 15.0. The SMILES string of the molecule is C=Cc1ccc(C2(c3ccc(F)cc3)c3ccccc3-c3ccc(N(c4ccc(F)cc4)c4ccc5cc6sc7ccc(N(c8ccc(F)cc8)c8ccc9c(c8)C(c8ccc(F)cc8)(c8ccc(C=C)cc8)c8ccccc8-9)cc7c6cc5c4)cc32)cc1. The van der Waals surface area contributed by atoms with E-state index in [1.165, 1.54) is 48.5 Å². The molecule has 13 aromatic carbocycles. The van der Waals surface area contributed by atoms with Gasteiger partial charge in [-0.2, -0.15) is 0 Å². The highest BCUT2D eigenvalue weighted by molar-refractivity contribution is 7.25. The molecule has 16 rings (SSSR count). The van der Waals surface area contributed by atoms with Gasteiger partial charge in [0.2, 0.25) is 0 Å². The molecule has 2 atom stereocenters. The van der Waals surface area contributed by atoms with Crippen molar-refractivity contribution >= 4 is 88.6 Å². The van der Waals surface area contributed by atoms with Crippen molar-refractivity contribution in [2.45, 2.75) is 10.8 Å². The van der Waals surface area contributed by atoms with Crippen LogP contribution in [-0.4, -0.2) is 0 Å². The number of fused-ring (bicyclic) bond motifs is 10. The summed E-state index contributed by atoms with van der Waals surface area (Å²) in [7, 11) is 0. The zero-order valence-electron chi connectivity index (χ0n) is 47.9. The fourth-order valence-electron chi connectivity index (χ4n) is 14.4. The third-order valence-electron chi connectivity index (χ3n) is 18.4. The van der Waals surface area contributed by atoms with Gasteiger partial charge in [0.25, 0.3) is 0 Å². The number of anilines is 6. The highest BCUT2D eigenvalue weighted by atomic mass is 32.1. The van der Waals surface area contributed by atoms with E-state index in [1.807, 2.05) is 60.7 Å². The lowest BCUT2D eigenvalue weighted by Gasteiger charge is -2.35. The molecule has 2 aliphatic rings. The summed E-state index contributed by atoms with van der Waals surface area (Å²) in [6.45, 7) is 8.07. The molecule has 0 amide bonds. The van der Waals surface area contributed by atoms with Gasteiger partial charge >= 0.3 is 0 Å². The summed E-state index contributed by atoms with van der Waals surface area (Å²) >= 11 is 1.74. The Labute approximate surface area is 517 Å². The standard InChI is InChI=1S/C82H52F4N2S/c1-3-51-13-18-55(19-14-51)81(57-22-26-59(83)27-23-57)75-11-7-5-9-69(75)71-42-39-67(49-77(71)81)87(63-35-30-61(85)31-36-63)65-34-17-53-47-80-73(46-54(53)45-65)74-48-66(41-44-79(74)89-80)88(64-37-32-62(86)33-38-64)68-40-43-72-70-10-6-8-12-76(70)82(78(72)50-68,58-24-28-60(84)29-25-58)56-20-15-52(4-2)16-21-56/h3-50H,1-2H2. The van der Waals surface area contributed by atoms with Gasteiger partial charge in [0.05, 0.1) is 10.8 Å². The third-order valence-corrected chi connectivity index (χ3v) is 19.5. The number of thiophene rings is 1. The largest absolute Gasteiger partial charge is 0.310 e. The van der Waals surface area contributed by atoms with Crippen LogP contribution in [0.15, 0.2) is 292 Å². The van der Waals surface area contributed by atoms with Crippen LogP contribution >= 0.6 is 11.3 Å². The monoisotopic (exact) mass is 1170 g/mol. The van der Waals surface area contributed by atoms with Gasteiger partial charge in [0, 0.05) is 54.3 Å². The number of hydrogen-bond donors (Lipinski definition) is 0. The molecule has 0 N–H and O–H groups in total. The molecule has 2 nitrogen and oxygen atoms in total. The number of nitrogens with zero attached hydrogens (tertiary/aromatic N) is 2. The van der Waals surface area contributed by atoms with Crippen LogP contribution in [0.4, 0.5) is 51.7 Å². The van der Waals surface area contributed by atoms with Crippen molar-refractivity contribution in [3.63, 3.8) is 0 Å². The van der Waals surface area contributed by atoms with Crippen LogP contribution in [0.2, 0.25) is 0 Å². The summed E-state index contributed by atoms with van der Waals surface area (Å²) in [6.07, 6.45) is 3.67. The first-order chi connectivity index (χ1) is 43.6. The average Bonchev–Trinajstić information content (AvgIpc) is 1.61. The summed E-state index contributed by atoms with van der Waals surface area (Å²) in [5.41, 5.74) is 17.8. The molecule has 2 aliphatic carbocycles. The van der Waals surface area contributed by atoms with E-state index in [2.05, 4.69) is 205 Å². The number of benzene rings is 13. The van der Waals surface area contributed by atoms with Gasteiger partial charge in [0.1, 0.15) is 23.3 Å². The normalized spacial score (nSPS) is 15.4. The van der Waals surface area contributed by atoms with E-state index in [0.717, 1.165) is 143 Å². The van der Waals surface area contributed by atoms with Crippen LogP contribution in [0.3, 0.4) is 0 Å². The first kappa shape index (κ1) is 53.6. The van der Waals surface area contributed by atoms with Gasteiger partial charge in [-0.15, -0.1) is 11.3 Å². The molecule has 0 aliphatic heterocycles. The van der Waals surface area contributed by atoms with E-state index in [4.69, 9.17) is 0 Å². The first-order valence-corrected chi connectivity index (χ1v) is 30.4. The molecule has 0 radical (unpaired) electrons. The molecule has 0 fully saturated rings. The Morgan fingerprint density at radius 2 is 0.652 bits per heavy atom. The number of halogens is 4. The second-order valence-corrected chi connectivity index (χ2v) is 24.1. The van der Waals surface area contributed by atoms with E-state index < -0.39 is 10.8 Å². The Morgan fingerprint density at radius 3 is 1.11 bits per heavy atom. The van der Waals surface area contributed by atoms with Crippen molar-refractivity contribution in [2.24, 2.45) is 0 Å². The Morgan fingerprint density at radius 1 is 0.292 bits per heavy atom. The average molecular weight is 1170 g/mol. The minimum atomic E-state index is -0.831. The van der Waals surface area contributed by atoms with Gasteiger partial charge in [0.15, 0.2) is 0 Å². The Hall–Kier alpha value is -10.9. The molecule has 89 heavy (non-hydrogen) atoms. The molecule has 0 bridgehead atoms. The van der Waals surface area contributed by atoms with Gasteiger partial charge in [-0.3, -0.25) is 0 Å². The predicted octanol–water partition coefficient (Wildman–Crippen LogP) is 22.7. The highest BCUT2D eigenvalue weighted by Gasteiger charge is 2.48. The van der Waals surface area contributed by atoms with Gasteiger partial charge in [-0.25, -0.2) is 17.6 Å². The lowest BCUT2D eigenvalue weighted by Crippen LogP contribution is -2.29. The molecule has 0 saturated carbocycles. The predicted molar refractivity (Wildman–Crippen MR) is 361 cm³/mol. The molecule has 0 spiro atoms. The zero-order chi connectivity index (χ0) is 60.1. The molecule has 1 heterocycles. The minimum Gasteiger partial charge on any atom is -0.310 e.